The van der Waals surface area contributed by atoms with E-state index in [0.29, 0.717) is 0 Å². The van der Waals surface area contributed by atoms with Crippen molar-refractivity contribution >= 4 is 39.8 Å². The molecule has 1 aliphatic heterocycles. The van der Waals surface area contributed by atoms with Gasteiger partial charge in [0.15, 0.2) is 0 Å². The molecule has 2 heterocycles. The van der Waals surface area contributed by atoms with E-state index < -0.39 is 5.41 Å². The Labute approximate surface area is 354 Å². The molecule has 10 aromatic rings. The normalized spacial score (nSPS) is 13.1. The molecular weight excluding hydrogens is 747 g/mol. The van der Waals surface area contributed by atoms with Crippen molar-refractivity contribution in [3.05, 3.63) is 247 Å². The lowest BCUT2D eigenvalue weighted by molar-refractivity contribution is 0.478. The molecule has 0 radical (unpaired) electrons. The minimum Gasteiger partial charge on any atom is -0.458 e. The quantitative estimate of drug-likeness (QED) is 0.167. The van der Waals surface area contributed by atoms with Crippen LogP contribution in [0.1, 0.15) is 22.5 Å². The fraction of sp³-hybridized carbons (Fsp3) is 0.0175. The first kappa shape index (κ1) is 34.7. The van der Waals surface area contributed by atoms with E-state index in [2.05, 4.69) is 229 Å². The van der Waals surface area contributed by atoms with Gasteiger partial charge in [-0.3, -0.25) is 0 Å². The molecule has 1 aliphatic carbocycles. The van der Waals surface area contributed by atoms with E-state index in [1.165, 1.54) is 59.9 Å². The van der Waals surface area contributed by atoms with Crippen LogP contribution in [0.3, 0.4) is 0 Å². The predicted octanol–water partition coefficient (Wildman–Crippen LogP) is 15.7. The minimum absolute atomic E-state index is 0.578. The van der Waals surface area contributed by atoms with Crippen molar-refractivity contribution in [2.24, 2.45) is 0 Å². The third-order valence-corrected chi connectivity index (χ3v) is 13.5. The Balaban J connectivity index is 1.09. The zero-order chi connectivity index (χ0) is 39.6. The van der Waals surface area contributed by atoms with Crippen molar-refractivity contribution in [3.8, 4) is 44.5 Å². The molecule has 12 rings (SSSR count). The van der Waals surface area contributed by atoms with Crippen molar-refractivity contribution in [3.63, 3.8) is 0 Å². The summed E-state index contributed by atoms with van der Waals surface area (Å²) in [5, 5.41) is 1.12. The van der Waals surface area contributed by atoms with Crippen LogP contribution in [-0.2, 0) is 5.41 Å². The highest BCUT2D eigenvalue weighted by atomic mass is 32.2. The molecule has 0 amide bonds. The number of rotatable bonds is 6. The van der Waals surface area contributed by atoms with Gasteiger partial charge in [-0.15, -0.1) is 0 Å². The minimum atomic E-state index is -0.578. The second-order valence-corrected chi connectivity index (χ2v) is 16.7. The van der Waals surface area contributed by atoms with Gasteiger partial charge in [0, 0.05) is 33.4 Å². The van der Waals surface area contributed by atoms with Crippen molar-refractivity contribution < 1.29 is 4.42 Å². The number of hydrogen-bond acceptors (Lipinski definition) is 3. The molecule has 282 valence electrons. The van der Waals surface area contributed by atoms with Crippen LogP contribution in [0, 0.1) is 0 Å². The maximum Gasteiger partial charge on any atom is 0.138 e. The summed E-state index contributed by atoms with van der Waals surface area (Å²) in [7, 11) is 0. The number of benzene rings is 9. The van der Waals surface area contributed by atoms with Crippen LogP contribution in [0.25, 0.3) is 55.5 Å². The van der Waals surface area contributed by atoms with Crippen molar-refractivity contribution in [2.45, 2.75) is 15.2 Å². The molecule has 2 aliphatic rings. The molecule has 0 atom stereocenters. The smallest absolute Gasteiger partial charge is 0.138 e. The first-order chi connectivity index (χ1) is 29.7. The zero-order valence-electron chi connectivity index (χ0n) is 32.6. The van der Waals surface area contributed by atoms with Crippen LogP contribution >= 0.6 is 11.8 Å². The Hall–Kier alpha value is -7.33. The monoisotopic (exact) mass is 783 g/mol. The lowest BCUT2D eigenvalue weighted by Gasteiger charge is -2.36. The molecule has 1 aromatic heterocycles. The summed E-state index contributed by atoms with van der Waals surface area (Å²) in [5.41, 5.74) is 16.8. The van der Waals surface area contributed by atoms with Crippen LogP contribution in [0.5, 0.6) is 0 Å². The Kier molecular flexibility index (Phi) is 8.04. The van der Waals surface area contributed by atoms with Gasteiger partial charge in [-0.1, -0.05) is 182 Å². The van der Waals surface area contributed by atoms with E-state index in [0.717, 1.165) is 44.9 Å². The molecule has 3 heteroatoms. The molecular formula is C57H37NOS. The van der Waals surface area contributed by atoms with Gasteiger partial charge in [0.25, 0.3) is 0 Å². The standard InChI is InChI=1S/C57H37NOS/c1-4-16-38(17-5-1)41-28-30-44(31-29-41)58(46-35-42(39-18-6-2-7-19-39)34-43(36-46)40-20-8-3-9-21-40)45-32-33-49-53(37-45)59-56-55(49)60-54-27-15-14-26-52(54)57(56)50-24-12-10-22-47(50)48-23-11-13-25-51(48)57/h1-37H. The average Bonchev–Trinajstić information content (AvgIpc) is 3.84. The highest BCUT2D eigenvalue weighted by molar-refractivity contribution is 7.99. The Morgan fingerprint density at radius 1 is 0.367 bits per heavy atom. The summed E-state index contributed by atoms with van der Waals surface area (Å²) < 4.78 is 7.38. The van der Waals surface area contributed by atoms with Crippen LogP contribution < -0.4 is 4.90 Å². The fourth-order valence-electron chi connectivity index (χ4n) is 9.63. The third kappa shape index (κ3) is 5.36. The number of hydrogen-bond donors (Lipinski definition) is 0. The second kappa shape index (κ2) is 13.9. The maximum atomic E-state index is 7.38. The second-order valence-electron chi connectivity index (χ2n) is 15.6. The SMILES string of the molecule is c1ccc(-c2ccc(N(c3cc(-c4ccccc4)cc(-c4ccccc4)c3)c3ccc4c5c(oc4c3)C3(c4ccccc4S5)c4ccccc4-c4ccccc43)cc2)cc1. The molecule has 9 aromatic carbocycles. The molecule has 0 saturated heterocycles. The van der Waals surface area contributed by atoms with Gasteiger partial charge in [0.2, 0.25) is 0 Å². The number of furan rings is 1. The van der Waals surface area contributed by atoms with E-state index in [1.807, 2.05) is 11.8 Å². The van der Waals surface area contributed by atoms with Crippen LogP contribution in [-0.4, -0.2) is 0 Å². The van der Waals surface area contributed by atoms with Crippen molar-refractivity contribution in [1.29, 1.82) is 0 Å². The van der Waals surface area contributed by atoms with Gasteiger partial charge < -0.3 is 9.32 Å². The Morgan fingerprint density at radius 2 is 0.850 bits per heavy atom. The molecule has 0 bridgehead atoms. The predicted molar refractivity (Wildman–Crippen MR) is 249 cm³/mol. The van der Waals surface area contributed by atoms with Gasteiger partial charge in [-0.25, -0.2) is 0 Å². The van der Waals surface area contributed by atoms with E-state index >= 15 is 0 Å². The van der Waals surface area contributed by atoms with Crippen LogP contribution in [0.2, 0.25) is 0 Å². The number of anilines is 3. The lowest BCUT2D eigenvalue weighted by atomic mass is 9.70. The van der Waals surface area contributed by atoms with Crippen LogP contribution in [0.4, 0.5) is 17.1 Å². The van der Waals surface area contributed by atoms with E-state index in [-0.39, 0.29) is 0 Å². The van der Waals surface area contributed by atoms with Crippen LogP contribution in [0.15, 0.2) is 239 Å². The summed E-state index contributed by atoms with van der Waals surface area (Å²) in [6.07, 6.45) is 0. The molecule has 0 N–H and O–H groups in total. The summed E-state index contributed by atoms with van der Waals surface area (Å²) >= 11 is 1.83. The maximum absolute atomic E-state index is 7.38. The topological polar surface area (TPSA) is 16.4 Å². The summed E-state index contributed by atoms with van der Waals surface area (Å²) in [6, 6.07) is 81.3. The first-order valence-corrected chi connectivity index (χ1v) is 21.3. The summed E-state index contributed by atoms with van der Waals surface area (Å²) in [5.74, 6) is 0.993. The van der Waals surface area contributed by atoms with E-state index in [4.69, 9.17) is 4.42 Å². The van der Waals surface area contributed by atoms with Crippen molar-refractivity contribution in [1.82, 2.24) is 0 Å². The largest absolute Gasteiger partial charge is 0.458 e. The number of fused-ring (bicyclic) bond motifs is 11. The van der Waals surface area contributed by atoms with Gasteiger partial charge in [0.1, 0.15) is 16.8 Å². The first-order valence-electron chi connectivity index (χ1n) is 20.5. The van der Waals surface area contributed by atoms with Crippen molar-refractivity contribution in [2.75, 3.05) is 4.90 Å². The fourth-order valence-corrected chi connectivity index (χ4v) is 10.9. The number of nitrogens with zero attached hydrogens (tertiary/aromatic N) is 1. The average molecular weight is 784 g/mol. The Bertz CT molecular complexity index is 3120. The highest BCUT2D eigenvalue weighted by Crippen LogP contribution is 2.63. The Morgan fingerprint density at radius 3 is 1.45 bits per heavy atom. The lowest BCUT2D eigenvalue weighted by Crippen LogP contribution is -2.31. The molecule has 0 unspecified atom stereocenters. The van der Waals surface area contributed by atoms with Gasteiger partial charge >= 0.3 is 0 Å². The molecule has 0 fully saturated rings. The summed E-state index contributed by atoms with van der Waals surface area (Å²) in [6.45, 7) is 0. The highest BCUT2D eigenvalue weighted by Gasteiger charge is 2.53. The van der Waals surface area contributed by atoms with E-state index in [9.17, 15) is 0 Å². The molecule has 0 saturated carbocycles. The van der Waals surface area contributed by atoms with Gasteiger partial charge in [-0.2, -0.15) is 0 Å². The van der Waals surface area contributed by atoms with Gasteiger partial charge in [0.05, 0.1) is 4.90 Å². The molecule has 60 heavy (non-hydrogen) atoms. The summed E-state index contributed by atoms with van der Waals surface area (Å²) in [4.78, 5) is 4.82. The zero-order valence-corrected chi connectivity index (χ0v) is 33.4. The van der Waals surface area contributed by atoms with E-state index in [1.54, 1.807) is 0 Å². The van der Waals surface area contributed by atoms with Gasteiger partial charge in [-0.05, 0) is 110 Å². The molecule has 1 spiro atoms. The third-order valence-electron chi connectivity index (χ3n) is 12.3. The molecule has 2 nitrogen and oxygen atoms in total.